The van der Waals surface area contributed by atoms with Crippen molar-refractivity contribution in [2.75, 3.05) is 11.9 Å². The van der Waals surface area contributed by atoms with E-state index in [0.29, 0.717) is 18.2 Å². The molecule has 2 aliphatic rings. The smallest absolute Gasteiger partial charge is 0.127 e. The minimum absolute atomic E-state index is 0.352. The molecule has 3 heterocycles. The van der Waals surface area contributed by atoms with Crippen molar-refractivity contribution in [2.45, 2.75) is 64.7 Å². The van der Waals surface area contributed by atoms with Gasteiger partial charge in [0.2, 0.25) is 0 Å². The van der Waals surface area contributed by atoms with Gasteiger partial charge in [0.15, 0.2) is 0 Å². The molecule has 100 valence electrons. The van der Waals surface area contributed by atoms with Crippen LogP contribution >= 0.6 is 0 Å². The molecule has 2 aliphatic heterocycles. The largest absolute Gasteiger partial charge is 0.373 e. The second-order valence-corrected chi connectivity index (χ2v) is 5.56. The second kappa shape index (κ2) is 4.57. The molecule has 1 aromatic heterocycles. The Morgan fingerprint density at radius 2 is 2.22 bits per heavy atom. The molecule has 0 radical (unpaired) electrons. The van der Waals surface area contributed by atoms with Crippen LogP contribution in [0.4, 0.5) is 5.82 Å². The van der Waals surface area contributed by atoms with Crippen molar-refractivity contribution in [1.29, 1.82) is 0 Å². The number of aryl methyl sites for hydroxylation is 1. The van der Waals surface area contributed by atoms with Crippen molar-refractivity contribution in [3.05, 3.63) is 11.3 Å². The molecule has 0 aliphatic carbocycles. The Kier molecular flexibility index (Phi) is 3.06. The van der Waals surface area contributed by atoms with E-state index in [1.807, 2.05) is 0 Å². The molecule has 0 saturated carbocycles. The van der Waals surface area contributed by atoms with E-state index < -0.39 is 0 Å². The molecule has 1 fully saturated rings. The van der Waals surface area contributed by atoms with Gasteiger partial charge in [-0.15, -0.1) is 0 Å². The van der Waals surface area contributed by atoms with Gasteiger partial charge in [0.25, 0.3) is 0 Å². The number of ether oxygens (including phenoxy) is 1. The molecule has 3 atom stereocenters. The Labute approximate surface area is 109 Å². The summed E-state index contributed by atoms with van der Waals surface area (Å²) in [5, 5.41) is 8.29. The normalized spacial score (nSPS) is 31.2. The molecule has 1 aromatic rings. The summed E-state index contributed by atoms with van der Waals surface area (Å²) in [7, 11) is 0. The maximum Gasteiger partial charge on any atom is 0.127 e. The van der Waals surface area contributed by atoms with Crippen molar-refractivity contribution >= 4 is 5.82 Å². The van der Waals surface area contributed by atoms with Crippen molar-refractivity contribution in [3.8, 4) is 0 Å². The molecule has 0 spiro atoms. The summed E-state index contributed by atoms with van der Waals surface area (Å²) < 4.78 is 8.25. The fourth-order valence-corrected chi connectivity index (χ4v) is 3.27. The number of nitrogens with one attached hydrogen (secondary N) is 1. The first-order chi connectivity index (χ1) is 8.70. The minimum atomic E-state index is 0.352. The van der Waals surface area contributed by atoms with Crippen molar-refractivity contribution in [2.24, 2.45) is 0 Å². The SMILES string of the molecule is CCc1nn2c(c1C)NCCC2C1CCC(C)O1. The monoisotopic (exact) mass is 249 g/mol. The lowest BCUT2D eigenvalue weighted by Crippen LogP contribution is -2.32. The highest BCUT2D eigenvalue weighted by atomic mass is 16.5. The topological polar surface area (TPSA) is 39.1 Å². The minimum Gasteiger partial charge on any atom is -0.373 e. The molecular formula is C14H23N3O. The van der Waals surface area contributed by atoms with Gasteiger partial charge >= 0.3 is 0 Å². The van der Waals surface area contributed by atoms with Gasteiger partial charge in [-0.1, -0.05) is 6.92 Å². The van der Waals surface area contributed by atoms with Gasteiger partial charge in [0.1, 0.15) is 5.82 Å². The molecule has 3 unspecified atom stereocenters. The van der Waals surface area contributed by atoms with E-state index in [1.165, 1.54) is 29.9 Å². The molecule has 0 aromatic carbocycles. The number of hydrogen-bond donors (Lipinski definition) is 1. The van der Waals surface area contributed by atoms with Gasteiger partial charge in [0, 0.05) is 12.1 Å². The van der Waals surface area contributed by atoms with Gasteiger partial charge < -0.3 is 10.1 Å². The zero-order valence-electron chi connectivity index (χ0n) is 11.6. The summed E-state index contributed by atoms with van der Waals surface area (Å²) in [6.45, 7) is 7.55. The van der Waals surface area contributed by atoms with Crippen LogP contribution in [-0.2, 0) is 11.2 Å². The van der Waals surface area contributed by atoms with Crippen LogP contribution in [0.15, 0.2) is 0 Å². The van der Waals surface area contributed by atoms with Crippen LogP contribution in [0.2, 0.25) is 0 Å². The van der Waals surface area contributed by atoms with E-state index >= 15 is 0 Å². The third-order valence-corrected chi connectivity index (χ3v) is 4.32. The van der Waals surface area contributed by atoms with E-state index in [4.69, 9.17) is 9.84 Å². The van der Waals surface area contributed by atoms with Crippen LogP contribution < -0.4 is 5.32 Å². The highest BCUT2D eigenvalue weighted by Gasteiger charge is 2.35. The summed E-state index contributed by atoms with van der Waals surface area (Å²) in [5.41, 5.74) is 2.53. The zero-order chi connectivity index (χ0) is 12.7. The number of rotatable bonds is 2. The van der Waals surface area contributed by atoms with E-state index in [0.717, 1.165) is 19.4 Å². The summed E-state index contributed by atoms with van der Waals surface area (Å²) in [6.07, 6.45) is 5.24. The Hall–Kier alpha value is -1.03. The molecule has 18 heavy (non-hydrogen) atoms. The average Bonchev–Trinajstić information content (AvgIpc) is 2.94. The van der Waals surface area contributed by atoms with Crippen molar-refractivity contribution < 1.29 is 4.74 Å². The van der Waals surface area contributed by atoms with Crippen LogP contribution in [0.1, 0.15) is 50.4 Å². The molecule has 0 bridgehead atoms. The summed E-state index contributed by atoms with van der Waals surface area (Å²) in [4.78, 5) is 0. The zero-order valence-corrected chi connectivity index (χ0v) is 11.6. The number of fused-ring (bicyclic) bond motifs is 1. The van der Waals surface area contributed by atoms with Crippen molar-refractivity contribution in [3.63, 3.8) is 0 Å². The number of anilines is 1. The predicted octanol–water partition coefficient (Wildman–Crippen LogP) is 2.68. The van der Waals surface area contributed by atoms with E-state index in [2.05, 4.69) is 30.8 Å². The van der Waals surface area contributed by atoms with Gasteiger partial charge in [-0.05, 0) is 39.5 Å². The highest BCUT2D eigenvalue weighted by molar-refractivity contribution is 5.48. The fraction of sp³-hybridized carbons (Fsp3) is 0.786. The summed E-state index contributed by atoms with van der Waals surface area (Å²) >= 11 is 0. The van der Waals surface area contributed by atoms with Gasteiger partial charge in [0.05, 0.1) is 23.9 Å². The number of nitrogens with zero attached hydrogens (tertiary/aromatic N) is 2. The van der Waals surface area contributed by atoms with Gasteiger partial charge in [-0.25, -0.2) is 4.68 Å². The summed E-state index contributed by atoms with van der Waals surface area (Å²) in [5.74, 6) is 1.21. The van der Waals surface area contributed by atoms with Crippen LogP contribution in [0.3, 0.4) is 0 Å². The Morgan fingerprint density at radius 3 is 2.89 bits per heavy atom. The quantitative estimate of drug-likeness (QED) is 0.876. The Bertz CT molecular complexity index is 440. The van der Waals surface area contributed by atoms with Gasteiger partial charge in [-0.3, -0.25) is 0 Å². The first-order valence-corrected chi connectivity index (χ1v) is 7.18. The van der Waals surface area contributed by atoms with Crippen LogP contribution in [0, 0.1) is 6.92 Å². The third-order valence-electron chi connectivity index (χ3n) is 4.32. The molecular weight excluding hydrogens is 226 g/mol. The molecule has 4 nitrogen and oxygen atoms in total. The van der Waals surface area contributed by atoms with Crippen LogP contribution in [0.25, 0.3) is 0 Å². The fourth-order valence-electron chi connectivity index (χ4n) is 3.27. The first-order valence-electron chi connectivity index (χ1n) is 7.18. The third kappa shape index (κ3) is 1.83. The highest BCUT2D eigenvalue weighted by Crippen LogP contribution is 2.36. The lowest BCUT2D eigenvalue weighted by molar-refractivity contribution is 0.0172. The number of aromatic nitrogens is 2. The summed E-state index contributed by atoms with van der Waals surface area (Å²) in [6, 6.07) is 0.421. The molecule has 3 rings (SSSR count). The van der Waals surface area contributed by atoms with Gasteiger partial charge in [-0.2, -0.15) is 5.10 Å². The standard InChI is InChI=1S/C14H23N3O/c1-4-11-10(3)14-15-8-7-12(17(14)16-11)13-6-5-9(2)18-13/h9,12-13,15H,4-8H2,1-3H3. The lowest BCUT2D eigenvalue weighted by atomic mass is 10.0. The predicted molar refractivity (Wildman–Crippen MR) is 72.1 cm³/mol. The molecule has 1 N–H and O–H groups in total. The second-order valence-electron chi connectivity index (χ2n) is 5.56. The Morgan fingerprint density at radius 1 is 1.39 bits per heavy atom. The number of hydrogen-bond acceptors (Lipinski definition) is 3. The van der Waals surface area contributed by atoms with E-state index in [-0.39, 0.29) is 0 Å². The first kappa shape index (κ1) is 12.0. The van der Waals surface area contributed by atoms with E-state index in [1.54, 1.807) is 0 Å². The molecule has 4 heteroatoms. The maximum atomic E-state index is 6.05. The molecule has 0 amide bonds. The van der Waals surface area contributed by atoms with Crippen molar-refractivity contribution in [1.82, 2.24) is 9.78 Å². The maximum absolute atomic E-state index is 6.05. The Balaban J connectivity index is 1.92. The van der Waals surface area contributed by atoms with Crippen LogP contribution in [0.5, 0.6) is 0 Å². The van der Waals surface area contributed by atoms with E-state index in [9.17, 15) is 0 Å². The average molecular weight is 249 g/mol. The lowest BCUT2D eigenvalue weighted by Gasteiger charge is -2.30. The van der Waals surface area contributed by atoms with Crippen LogP contribution in [-0.4, -0.2) is 28.5 Å². The molecule has 1 saturated heterocycles.